The Morgan fingerprint density at radius 2 is 1.64 bits per heavy atom. The molecule has 0 radical (unpaired) electrons. The molecule has 0 spiro atoms. The van der Waals surface area contributed by atoms with Crippen LogP contribution in [0.3, 0.4) is 0 Å². The van der Waals surface area contributed by atoms with Gasteiger partial charge in [0.2, 0.25) is 5.91 Å². The third kappa shape index (κ3) is 4.75. The van der Waals surface area contributed by atoms with Gasteiger partial charge in [-0.15, -0.1) is 0 Å². The highest BCUT2D eigenvalue weighted by Gasteiger charge is 2.32. The molecule has 4 rings (SSSR count). The summed E-state index contributed by atoms with van der Waals surface area (Å²) >= 11 is 0. The molecule has 3 aromatic carbocycles. The number of sulfonamides is 1. The van der Waals surface area contributed by atoms with Crippen molar-refractivity contribution in [2.75, 3.05) is 4.72 Å². The van der Waals surface area contributed by atoms with E-state index in [1.807, 2.05) is 0 Å². The van der Waals surface area contributed by atoms with Crippen molar-refractivity contribution in [3.05, 3.63) is 95.3 Å². The van der Waals surface area contributed by atoms with E-state index in [1.165, 1.54) is 30.1 Å². The molecular formula is C23H18F3N3O3S. The second-order valence-corrected chi connectivity index (χ2v) is 9.12. The number of hydrogen-bond acceptors (Lipinski definition) is 4. The maximum atomic E-state index is 13.7. The first kappa shape index (κ1) is 22.5. The van der Waals surface area contributed by atoms with Crippen molar-refractivity contribution in [1.82, 2.24) is 5.01 Å². The summed E-state index contributed by atoms with van der Waals surface area (Å²) in [7, 11) is -3.90. The molecule has 0 saturated heterocycles. The van der Waals surface area contributed by atoms with Crippen molar-refractivity contribution in [1.29, 1.82) is 0 Å². The molecule has 1 N–H and O–H groups in total. The predicted molar refractivity (Wildman–Crippen MR) is 116 cm³/mol. The molecule has 1 atom stereocenters. The van der Waals surface area contributed by atoms with Crippen molar-refractivity contribution in [2.24, 2.45) is 5.10 Å². The third-order valence-electron chi connectivity index (χ3n) is 5.16. The van der Waals surface area contributed by atoms with Crippen LogP contribution in [0.25, 0.3) is 0 Å². The minimum absolute atomic E-state index is 0.0837. The first-order valence-corrected chi connectivity index (χ1v) is 11.3. The number of halogens is 3. The number of hydrogen-bond donors (Lipinski definition) is 1. The van der Waals surface area contributed by atoms with Crippen LogP contribution in [0.4, 0.5) is 18.9 Å². The fourth-order valence-corrected chi connectivity index (χ4v) is 4.57. The highest BCUT2D eigenvalue weighted by molar-refractivity contribution is 7.92. The highest BCUT2D eigenvalue weighted by atomic mass is 32.2. The fraction of sp³-hybridized carbons (Fsp3) is 0.130. The van der Waals surface area contributed by atoms with Gasteiger partial charge in [-0.3, -0.25) is 9.52 Å². The van der Waals surface area contributed by atoms with Crippen LogP contribution in [0.15, 0.2) is 76.7 Å². The average molecular weight is 473 g/mol. The minimum Gasteiger partial charge on any atom is -0.280 e. The molecule has 0 aliphatic carbocycles. The molecule has 10 heteroatoms. The van der Waals surface area contributed by atoms with Crippen molar-refractivity contribution < 1.29 is 26.4 Å². The molecule has 0 aromatic heterocycles. The summed E-state index contributed by atoms with van der Waals surface area (Å²) in [6, 6.07) is 13.6. The monoisotopic (exact) mass is 473 g/mol. The van der Waals surface area contributed by atoms with Gasteiger partial charge in [0.15, 0.2) is 11.6 Å². The molecule has 1 unspecified atom stereocenters. The number of benzene rings is 3. The lowest BCUT2D eigenvalue weighted by atomic mass is 9.98. The van der Waals surface area contributed by atoms with Crippen LogP contribution >= 0.6 is 0 Å². The van der Waals surface area contributed by atoms with E-state index in [4.69, 9.17) is 0 Å². The average Bonchev–Trinajstić information content (AvgIpc) is 3.22. The molecule has 1 aliphatic rings. The molecule has 0 fully saturated rings. The number of carbonyl (C=O) groups excluding carboxylic acids is 1. The van der Waals surface area contributed by atoms with E-state index >= 15 is 0 Å². The lowest BCUT2D eigenvalue weighted by molar-refractivity contribution is -0.130. The summed E-state index contributed by atoms with van der Waals surface area (Å²) in [5.41, 5.74) is 1.86. The molecule has 33 heavy (non-hydrogen) atoms. The van der Waals surface area contributed by atoms with Gasteiger partial charge >= 0.3 is 0 Å². The first-order valence-electron chi connectivity index (χ1n) is 9.85. The Morgan fingerprint density at radius 3 is 2.24 bits per heavy atom. The second-order valence-electron chi connectivity index (χ2n) is 7.44. The molecule has 3 aromatic rings. The van der Waals surface area contributed by atoms with E-state index in [0.717, 1.165) is 36.4 Å². The number of nitrogens with zero attached hydrogens (tertiary/aromatic N) is 2. The summed E-state index contributed by atoms with van der Waals surface area (Å²) in [6.07, 6.45) is 0.269. The summed E-state index contributed by atoms with van der Waals surface area (Å²) in [5, 5.41) is 5.55. The van der Waals surface area contributed by atoms with Crippen LogP contribution in [-0.4, -0.2) is 25.0 Å². The van der Waals surface area contributed by atoms with Crippen LogP contribution < -0.4 is 4.72 Å². The summed E-state index contributed by atoms with van der Waals surface area (Å²) in [5.74, 6) is -2.89. The van der Waals surface area contributed by atoms with Crippen LogP contribution in [-0.2, 0) is 14.8 Å². The normalized spacial score (nSPS) is 15.9. The van der Waals surface area contributed by atoms with Gasteiger partial charge in [0.25, 0.3) is 10.0 Å². The van der Waals surface area contributed by atoms with E-state index in [9.17, 15) is 26.4 Å². The van der Waals surface area contributed by atoms with E-state index in [0.29, 0.717) is 16.8 Å². The molecular weight excluding hydrogens is 455 g/mol. The van der Waals surface area contributed by atoms with Gasteiger partial charge in [-0.2, -0.15) is 5.10 Å². The Morgan fingerprint density at radius 1 is 0.970 bits per heavy atom. The number of nitrogens with one attached hydrogen (secondary N) is 1. The van der Waals surface area contributed by atoms with E-state index in [-0.39, 0.29) is 22.9 Å². The van der Waals surface area contributed by atoms with Gasteiger partial charge in [-0.25, -0.2) is 26.6 Å². The van der Waals surface area contributed by atoms with Crippen molar-refractivity contribution in [3.8, 4) is 0 Å². The second kappa shape index (κ2) is 8.70. The fourth-order valence-electron chi connectivity index (χ4n) is 3.51. The Kier molecular flexibility index (Phi) is 5.94. The maximum Gasteiger partial charge on any atom is 0.261 e. The van der Waals surface area contributed by atoms with Crippen LogP contribution in [0.5, 0.6) is 0 Å². The molecule has 0 bridgehead atoms. The lowest BCUT2D eigenvalue weighted by Crippen LogP contribution is -2.24. The largest absolute Gasteiger partial charge is 0.280 e. The van der Waals surface area contributed by atoms with E-state index < -0.39 is 33.5 Å². The first-order chi connectivity index (χ1) is 15.6. The molecule has 6 nitrogen and oxygen atoms in total. The molecule has 1 amide bonds. The zero-order chi connectivity index (χ0) is 23.8. The summed E-state index contributed by atoms with van der Waals surface area (Å²) in [4.78, 5) is 12.0. The molecule has 1 heterocycles. The topological polar surface area (TPSA) is 78.8 Å². The van der Waals surface area contributed by atoms with E-state index in [1.54, 1.807) is 12.1 Å². The van der Waals surface area contributed by atoms with Crippen LogP contribution in [0.2, 0.25) is 0 Å². The molecule has 0 saturated carbocycles. The van der Waals surface area contributed by atoms with Gasteiger partial charge in [-0.1, -0.05) is 18.2 Å². The number of amides is 1. The summed E-state index contributed by atoms with van der Waals surface area (Å²) < 4.78 is 67.4. The number of anilines is 1. The Labute approximate surface area is 188 Å². The highest BCUT2D eigenvalue weighted by Crippen LogP contribution is 2.33. The minimum atomic E-state index is -3.90. The lowest BCUT2D eigenvalue weighted by Gasteiger charge is -2.20. The van der Waals surface area contributed by atoms with Crippen molar-refractivity contribution in [3.63, 3.8) is 0 Å². The van der Waals surface area contributed by atoms with Gasteiger partial charge < -0.3 is 0 Å². The van der Waals surface area contributed by atoms with Crippen LogP contribution in [0, 0.1) is 17.5 Å². The van der Waals surface area contributed by atoms with E-state index in [2.05, 4.69) is 9.82 Å². The Bertz CT molecular complexity index is 1340. The maximum absolute atomic E-state index is 13.7. The van der Waals surface area contributed by atoms with Gasteiger partial charge in [-0.05, 0) is 59.7 Å². The number of hydrazone groups is 1. The zero-order valence-corrected chi connectivity index (χ0v) is 18.1. The Balaban J connectivity index is 1.54. The van der Waals surface area contributed by atoms with Gasteiger partial charge in [0.05, 0.1) is 16.6 Å². The van der Waals surface area contributed by atoms with Crippen molar-refractivity contribution >= 4 is 27.3 Å². The van der Waals surface area contributed by atoms with Gasteiger partial charge in [0.1, 0.15) is 5.82 Å². The number of rotatable bonds is 5. The molecule has 170 valence electrons. The quantitative estimate of drug-likeness (QED) is 0.588. The third-order valence-corrected chi connectivity index (χ3v) is 6.55. The smallest absolute Gasteiger partial charge is 0.261 e. The Hall–Kier alpha value is -3.66. The number of carbonyl (C=O) groups is 1. The standard InChI is InChI=1S/C23H18F3N3O3S/c1-14(30)29-23(16-4-11-20(25)21(26)12-16)13-22(27-29)15-2-7-18(8-3-15)28-33(31,32)19-9-5-17(24)6-10-19/h2-12,23,28H,13H2,1H3. The zero-order valence-electron chi connectivity index (χ0n) is 17.3. The predicted octanol–water partition coefficient (Wildman–Crippen LogP) is 4.60. The molecule has 1 aliphatic heterocycles. The summed E-state index contributed by atoms with van der Waals surface area (Å²) in [6.45, 7) is 1.33. The SMILES string of the molecule is CC(=O)N1N=C(c2ccc(NS(=O)(=O)c3ccc(F)cc3)cc2)CC1c1ccc(F)c(F)c1. The van der Waals surface area contributed by atoms with Crippen LogP contribution in [0.1, 0.15) is 30.5 Å². The van der Waals surface area contributed by atoms with Crippen molar-refractivity contribution in [2.45, 2.75) is 24.3 Å². The van der Waals surface area contributed by atoms with Gasteiger partial charge in [0, 0.05) is 19.0 Å².